The average molecular weight is 318 g/mol. The Bertz CT molecular complexity index is 617. The predicted octanol–water partition coefficient (Wildman–Crippen LogP) is 1.65. The van der Waals surface area contributed by atoms with Crippen molar-refractivity contribution in [3.8, 4) is 0 Å². The minimum Gasteiger partial charge on any atom is -0.383 e. The van der Waals surface area contributed by atoms with Crippen LogP contribution < -0.4 is 10.6 Å². The lowest BCUT2D eigenvalue weighted by Gasteiger charge is -2.06. The van der Waals surface area contributed by atoms with Crippen molar-refractivity contribution in [1.29, 1.82) is 0 Å². The molecule has 122 valence electrons. The van der Waals surface area contributed by atoms with Gasteiger partial charge in [-0.05, 0) is 24.1 Å². The van der Waals surface area contributed by atoms with Crippen molar-refractivity contribution in [2.75, 3.05) is 32.1 Å². The van der Waals surface area contributed by atoms with Crippen LogP contribution in [0.5, 0.6) is 0 Å². The molecule has 23 heavy (non-hydrogen) atoms. The van der Waals surface area contributed by atoms with Gasteiger partial charge in [-0.1, -0.05) is 12.1 Å². The lowest BCUT2D eigenvalue weighted by atomic mass is 10.1. The summed E-state index contributed by atoms with van der Waals surface area (Å²) in [4.78, 5) is 20.1. The van der Waals surface area contributed by atoms with Crippen LogP contribution >= 0.6 is 0 Å². The SMILES string of the molecule is COCCNc1ncc(C(=O)NCCc2ccc(F)cc2)cn1. The van der Waals surface area contributed by atoms with Gasteiger partial charge in [0.05, 0.1) is 12.2 Å². The number of anilines is 1. The third-order valence-electron chi connectivity index (χ3n) is 3.12. The molecule has 1 aromatic carbocycles. The number of ether oxygens (including phenoxy) is 1. The molecule has 1 amide bonds. The summed E-state index contributed by atoms with van der Waals surface area (Å²) in [5, 5.41) is 5.75. The maximum Gasteiger partial charge on any atom is 0.254 e. The highest BCUT2D eigenvalue weighted by atomic mass is 19.1. The third-order valence-corrected chi connectivity index (χ3v) is 3.12. The van der Waals surface area contributed by atoms with Crippen molar-refractivity contribution in [3.05, 3.63) is 53.6 Å². The molecule has 0 unspecified atom stereocenters. The summed E-state index contributed by atoms with van der Waals surface area (Å²) in [5.41, 5.74) is 1.35. The lowest BCUT2D eigenvalue weighted by Crippen LogP contribution is -2.26. The van der Waals surface area contributed by atoms with E-state index in [1.165, 1.54) is 24.5 Å². The van der Waals surface area contributed by atoms with E-state index in [0.717, 1.165) is 5.56 Å². The molecule has 1 aromatic heterocycles. The van der Waals surface area contributed by atoms with E-state index in [4.69, 9.17) is 4.74 Å². The van der Waals surface area contributed by atoms with Gasteiger partial charge in [0, 0.05) is 32.6 Å². The highest BCUT2D eigenvalue weighted by molar-refractivity contribution is 5.93. The molecule has 2 rings (SSSR count). The minimum atomic E-state index is -0.269. The summed E-state index contributed by atoms with van der Waals surface area (Å²) in [5.74, 6) is -0.0606. The number of nitrogens with one attached hydrogen (secondary N) is 2. The molecular weight excluding hydrogens is 299 g/mol. The van der Waals surface area contributed by atoms with Gasteiger partial charge in [-0.2, -0.15) is 0 Å². The van der Waals surface area contributed by atoms with E-state index < -0.39 is 0 Å². The zero-order valence-electron chi connectivity index (χ0n) is 12.9. The van der Waals surface area contributed by atoms with Gasteiger partial charge in [0.1, 0.15) is 5.82 Å². The molecule has 1 heterocycles. The normalized spacial score (nSPS) is 10.3. The van der Waals surface area contributed by atoms with Crippen LogP contribution in [0.1, 0.15) is 15.9 Å². The number of carbonyl (C=O) groups is 1. The lowest BCUT2D eigenvalue weighted by molar-refractivity contribution is 0.0953. The first-order valence-corrected chi connectivity index (χ1v) is 7.26. The van der Waals surface area contributed by atoms with E-state index in [2.05, 4.69) is 20.6 Å². The Kier molecular flexibility index (Phi) is 6.43. The number of hydrogen-bond acceptors (Lipinski definition) is 5. The summed E-state index contributed by atoms with van der Waals surface area (Å²) < 4.78 is 17.7. The second-order valence-corrected chi connectivity index (χ2v) is 4.85. The molecule has 2 aromatic rings. The number of aromatic nitrogens is 2. The Morgan fingerprint density at radius 1 is 1.17 bits per heavy atom. The van der Waals surface area contributed by atoms with Crippen LogP contribution in [0.3, 0.4) is 0 Å². The Balaban J connectivity index is 1.77. The maximum atomic E-state index is 12.8. The monoisotopic (exact) mass is 318 g/mol. The van der Waals surface area contributed by atoms with Crippen LogP contribution in [0, 0.1) is 5.82 Å². The van der Waals surface area contributed by atoms with Crippen LogP contribution in [0.2, 0.25) is 0 Å². The zero-order chi connectivity index (χ0) is 16.5. The molecular formula is C16H19FN4O2. The summed E-state index contributed by atoms with van der Waals surface area (Å²) in [6, 6.07) is 6.21. The molecule has 2 N–H and O–H groups in total. The van der Waals surface area contributed by atoms with Crippen molar-refractivity contribution in [3.63, 3.8) is 0 Å². The molecule has 0 aliphatic rings. The quantitative estimate of drug-likeness (QED) is 0.724. The Morgan fingerprint density at radius 2 is 1.87 bits per heavy atom. The highest BCUT2D eigenvalue weighted by Crippen LogP contribution is 2.03. The molecule has 7 heteroatoms. The van der Waals surface area contributed by atoms with Gasteiger partial charge in [0.25, 0.3) is 5.91 Å². The number of carbonyl (C=O) groups excluding carboxylic acids is 1. The first kappa shape index (κ1) is 16.8. The number of amides is 1. The summed E-state index contributed by atoms with van der Waals surface area (Å²) in [7, 11) is 1.61. The third kappa shape index (κ3) is 5.63. The molecule has 0 aliphatic heterocycles. The zero-order valence-corrected chi connectivity index (χ0v) is 12.9. The summed E-state index contributed by atoms with van der Waals surface area (Å²) in [6.07, 6.45) is 3.56. The van der Waals surface area contributed by atoms with Gasteiger partial charge in [0.15, 0.2) is 0 Å². The van der Waals surface area contributed by atoms with Crippen molar-refractivity contribution >= 4 is 11.9 Å². The fraction of sp³-hybridized carbons (Fsp3) is 0.312. The molecule has 0 atom stereocenters. The molecule has 0 bridgehead atoms. The van der Waals surface area contributed by atoms with Crippen molar-refractivity contribution in [2.24, 2.45) is 0 Å². The van der Waals surface area contributed by atoms with Gasteiger partial charge in [-0.3, -0.25) is 4.79 Å². The number of hydrogen-bond donors (Lipinski definition) is 2. The number of methoxy groups -OCH3 is 1. The Labute approximate surface area is 134 Å². The van der Waals surface area contributed by atoms with E-state index in [1.54, 1.807) is 19.2 Å². The first-order chi connectivity index (χ1) is 11.2. The second kappa shape index (κ2) is 8.79. The molecule has 0 spiro atoms. The van der Waals surface area contributed by atoms with Crippen LogP contribution in [0.25, 0.3) is 0 Å². The molecule has 0 aliphatic carbocycles. The van der Waals surface area contributed by atoms with Gasteiger partial charge in [0.2, 0.25) is 5.95 Å². The summed E-state index contributed by atoms with van der Waals surface area (Å²) in [6.45, 7) is 1.60. The molecule has 0 radical (unpaired) electrons. The number of rotatable bonds is 8. The van der Waals surface area contributed by atoms with Crippen LogP contribution in [-0.4, -0.2) is 42.7 Å². The smallest absolute Gasteiger partial charge is 0.254 e. The van der Waals surface area contributed by atoms with Crippen molar-refractivity contribution < 1.29 is 13.9 Å². The second-order valence-electron chi connectivity index (χ2n) is 4.85. The van der Waals surface area contributed by atoms with Gasteiger partial charge < -0.3 is 15.4 Å². The van der Waals surface area contributed by atoms with Crippen molar-refractivity contribution in [1.82, 2.24) is 15.3 Å². The van der Waals surface area contributed by atoms with E-state index in [-0.39, 0.29) is 11.7 Å². The van der Waals surface area contributed by atoms with Crippen LogP contribution in [-0.2, 0) is 11.2 Å². The fourth-order valence-electron chi connectivity index (χ4n) is 1.87. The number of halogens is 1. The first-order valence-electron chi connectivity index (χ1n) is 7.26. The predicted molar refractivity (Wildman–Crippen MR) is 84.8 cm³/mol. The number of nitrogens with zero attached hydrogens (tertiary/aromatic N) is 2. The summed E-state index contributed by atoms with van der Waals surface area (Å²) >= 11 is 0. The van der Waals surface area contributed by atoms with Crippen molar-refractivity contribution in [2.45, 2.75) is 6.42 Å². The van der Waals surface area contributed by atoms with Crippen LogP contribution in [0.15, 0.2) is 36.7 Å². The van der Waals surface area contributed by atoms with Gasteiger partial charge in [-0.15, -0.1) is 0 Å². The fourth-order valence-corrected chi connectivity index (χ4v) is 1.87. The average Bonchev–Trinajstić information content (AvgIpc) is 2.57. The van der Waals surface area contributed by atoms with E-state index >= 15 is 0 Å². The minimum absolute atomic E-state index is 0.240. The Hall–Kier alpha value is -2.54. The van der Waals surface area contributed by atoms with E-state index in [0.29, 0.717) is 37.6 Å². The molecule has 0 saturated carbocycles. The van der Waals surface area contributed by atoms with Gasteiger partial charge in [-0.25, -0.2) is 14.4 Å². The molecule has 0 saturated heterocycles. The molecule has 0 fully saturated rings. The topological polar surface area (TPSA) is 76.1 Å². The largest absolute Gasteiger partial charge is 0.383 e. The maximum absolute atomic E-state index is 12.8. The highest BCUT2D eigenvalue weighted by Gasteiger charge is 2.06. The molecule has 6 nitrogen and oxygen atoms in total. The van der Waals surface area contributed by atoms with E-state index in [1.807, 2.05) is 0 Å². The van der Waals surface area contributed by atoms with Crippen LogP contribution in [0.4, 0.5) is 10.3 Å². The standard InChI is InChI=1S/C16H19FN4O2/c1-23-9-8-19-16-20-10-13(11-21-16)15(22)18-7-6-12-2-4-14(17)5-3-12/h2-5,10-11H,6-9H2,1H3,(H,18,22)(H,19,20,21). The Morgan fingerprint density at radius 3 is 2.52 bits per heavy atom. The number of benzene rings is 1. The van der Waals surface area contributed by atoms with E-state index in [9.17, 15) is 9.18 Å². The van der Waals surface area contributed by atoms with Gasteiger partial charge >= 0.3 is 0 Å².